The van der Waals surface area contributed by atoms with E-state index in [1.54, 1.807) is 17.7 Å². The maximum atomic E-state index is 10.5. The molecule has 0 aliphatic carbocycles. The van der Waals surface area contributed by atoms with Gasteiger partial charge in [0.05, 0.1) is 7.11 Å². The molecule has 1 saturated heterocycles. The summed E-state index contributed by atoms with van der Waals surface area (Å²) in [4.78, 5) is 0. The number of aromatic hydroxyl groups is 2. The quantitative estimate of drug-likeness (QED) is 0.812. The number of nitrogens with one attached hydrogen (secondary N) is 1. The lowest BCUT2D eigenvalue weighted by Crippen LogP contribution is -2.29. The van der Waals surface area contributed by atoms with E-state index in [9.17, 15) is 10.2 Å². The Kier molecular flexibility index (Phi) is 3.75. The van der Waals surface area contributed by atoms with Crippen molar-refractivity contribution >= 4 is 0 Å². The van der Waals surface area contributed by atoms with Crippen molar-refractivity contribution in [1.82, 2.24) is 9.88 Å². The third-order valence-electron chi connectivity index (χ3n) is 4.06. The molecular formula is C16H20N2O3. The van der Waals surface area contributed by atoms with E-state index < -0.39 is 0 Å². The van der Waals surface area contributed by atoms with Crippen LogP contribution >= 0.6 is 0 Å². The highest BCUT2D eigenvalue weighted by molar-refractivity contribution is 5.71. The third kappa shape index (κ3) is 2.56. The minimum Gasteiger partial charge on any atom is -0.497 e. The number of nitrogens with zero attached hydrogens (tertiary/aromatic N) is 1. The smallest absolute Gasteiger partial charge is 0.202 e. The molecule has 2 aromatic rings. The Hall–Kier alpha value is -2.14. The van der Waals surface area contributed by atoms with E-state index in [4.69, 9.17) is 4.74 Å². The van der Waals surface area contributed by atoms with E-state index in [1.165, 1.54) is 0 Å². The molecule has 2 heterocycles. The van der Waals surface area contributed by atoms with Crippen LogP contribution in [0.3, 0.4) is 0 Å². The summed E-state index contributed by atoms with van der Waals surface area (Å²) in [5.74, 6) is 1.01. The summed E-state index contributed by atoms with van der Waals surface area (Å²) < 4.78 is 6.77. The molecule has 1 aliphatic heterocycles. The second-order valence-electron chi connectivity index (χ2n) is 5.32. The number of ether oxygens (including phenoxy) is 1. The number of rotatable bonds is 3. The van der Waals surface area contributed by atoms with Crippen LogP contribution in [0.2, 0.25) is 0 Å². The van der Waals surface area contributed by atoms with Crippen molar-refractivity contribution in [1.29, 1.82) is 0 Å². The number of piperidine rings is 1. The summed E-state index contributed by atoms with van der Waals surface area (Å²) >= 11 is 0. The monoisotopic (exact) mass is 288 g/mol. The minimum absolute atomic E-state index is 0.116. The lowest BCUT2D eigenvalue weighted by Gasteiger charge is -2.25. The predicted molar refractivity (Wildman–Crippen MR) is 80.9 cm³/mol. The molecule has 112 valence electrons. The Morgan fingerprint density at radius 3 is 2.43 bits per heavy atom. The Morgan fingerprint density at radius 1 is 1.14 bits per heavy atom. The van der Waals surface area contributed by atoms with E-state index in [2.05, 4.69) is 5.32 Å². The van der Waals surface area contributed by atoms with Crippen LogP contribution in [-0.2, 0) is 0 Å². The lowest BCUT2D eigenvalue weighted by atomic mass is 10.1. The molecule has 5 heteroatoms. The molecular weight excluding hydrogens is 268 g/mol. The van der Waals surface area contributed by atoms with E-state index in [0.717, 1.165) is 37.2 Å². The molecule has 0 unspecified atom stereocenters. The summed E-state index contributed by atoms with van der Waals surface area (Å²) in [5, 5.41) is 24.0. The maximum Gasteiger partial charge on any atom is 0.202 e. The van der Waals surface area contributed by atoms with E-state index in [1.807, 2.05) is 24.3 Å². The van der Waals surface area contributed by atoms with Gasteiger partial charge < -0.3 is 20.3 Å². The topological polar surface area (TPSA) is 66.7 Å². The second kappa shape index (κ2) is 5.69. The van der Waals surface area contributed by atoms with Crippen molar-refractivity contribution in [2.45, 2.75) is 18.9 Å². The highest BCUT2D eigenvalue weighted by Crippen LogP contribution is 2.40. The first-order chi connectivity index (χ1) is 10.2. The van der Waals surface area contributed by atoms with Crippen LogP contribution < -0.4 is 10.1 Å². The number of hydrogen-bond donors (Lipinski definition) is 3. The molecule has 1 aliphatic rings. The van der Waals surface area contributed by atoms with Crippen molar-refractivity contribution in [3.63, 3.8) is 0 Å². The maximum absolute atomic E-state index is 10.5. The van der Waals surface area contributed by atoms with Crippen molar-refractivity contribution in [3.8, 4) is 28.6 Å². The summed E-state index contributed by atoms with van der Waals surface area (Å²) in [7, 11) is 1.62. The number of hydrogen-bond acceptors (Lipinski definition) is 4. The number of methoxy groups -OCH3 is 1. The van der Waals surface area contributed by atoms with Crippen LogP contribution in [0.4, 0.5) is 0 Å². The summed E-state index contributed by atoms with van der Waals surface area (Å²) in [6, 6.07) is 9.19. The van der Waals surface area contributed by atoms with Crippen LogP contribution in [0.1, 0.15) is 18.9 Å². The normalized spacial score (nSPS) is 16.0. The zero-order chi connectivity index (χ0) is 14.8. The largest absolute Gasteiger partial charge is 0.497 e. The average Bonchev–Trinajstić information content (AvgIpc) is 2.83. The van der Waals surface area contributed by atoms with Crippen molar-refractivity contribution in [2.75, 3.05) is 20.2 Å². The summed E-state index contributed by atoms with van der Waals surface area (Å²) in [5.41, 5.74) is 1.50. The Bertz CT molecular complexity index is 613. The van der Waals surface area contributed by atoms with Gasteiger partial charge in [0, 0.05) is 17.7 Å². The molecule has 0 saturated carbocycles. The van der Waals surface area contributed by atoms with E-state index in [0.29, 0.717) is 5.56 Å². The van der Waals surface area contributed by atoms with Gasteiger partial charge in [0.25, 0.3) is 0 Å². The van der Waals surface area contributed by atoms with Gasteiger partial charge >= 0.3 is 0 Å². The zero-order valence-corrected chi connectivity index (χ0v) is 12.0. The van der Waals surface area contributed by atoms with Gasteiger partial charge in [-0.2, -0.15) is 0 Å². The first kappa shape index (κ1) is 13.8. The van der Waals surface area contributed by atoms with Gasteiger partial charge in [-0.25, -0.2) is 0 Å². The van der Waals surface area contributed by atoms with Gasteiger partial charge in [0.1, 0.15) is 5.75 Å². The average molecular weight is 288 g/mol. The van der Waals surface area contributed by atoms with Gasteiger partial charge in [-0.05, 0) is 43.6 Å². The predicted octanol–water partition coefficient (Wildman–Crippen LogP) is 2.50. The van der Waals surface area contributed by atoms with E-state index in [-0.39, 0.29) is 17.8 Å². The molecule has 21 heavy (non-hydrogen) atoms. The van der Waals surface area contributed by atoms with Crippen LogP contribution in [-0.4, -0.2) is 35.0 Å². The molecule has 3 rings (SSSR count). The highest BCUT2D eigenvalue weighted by Gasteiger charge is 2.23. The third-order valence-corrected chi connectivity index (χ3v) is 4.06. The fourth-order valence-corrected chi connectivity index (χ4v) is 2.91. The van der Waals surface area contributed by atoms with Gasteiger partial charge in [0.15, 0.2) is 5.88 Å². The van der Waals surface area contributed by atoms with Gasteiger partial charge in [-0.1, -0.05) is 12.1 Å². The lowest BCUT2D eigenvalue weighted by molar-refractivity contribution is 0.290. The van der Waals surface area contributed by atoms with Crippen LogP contribution in [0.5, 0.6) is 17.5 Å². The molecule has 3 N–H and O–H groups in total. The van der Waals surface area contributed by atoms with Crippen LogP contribution in [0.15, 0.2) is 30.3 Å². The van der Waals surface area contributed by atoms with Gasteiger partial charge in [0.2, 0.25) is 5.88 Å². The fraction of sp³-hybridized carbons (Fsp3) is 0.375. The summed E-state index contributed by atoms with van der Waals surface area (Å²) in [6.45, 7) is 1.80. The molecule has 0 radical (unpaired) electrons. The molecule has 0 amide bonds. The van der Waals surface area contributed by atoms with Gasteiger partial charge in [-0.15, -0.1) is 0 Å². The van der Waals surface area contributed by atoms with E-state index >= 15 is 0 Å². The Balaban J connectivity index is 1.96. The van der Waals surface area contributed by atoms with Crippen molar-refractivity contribution < 1.29 is 14.9 Å². The Morgan fingerprint density at radius 2 is 1.81 bits per heavy atom. The van der Waals surface area contributed by atoms with Crippen LogP contribution in [0.25, 0.3) is 11.1 Å². The molecule has 0 atom stereocenters. The number of benzene rings is 1. The van der Waals surface area contributed by atoms with Crippen LogP contribution in [0, 0.1) is 0 Å². The van der Waals surface area contributed by atoms with Gasteiger partial charge in [-0.3, -0.25) is 4.57 Å². The van der Waals surface area contributed by atoms with Crippen molar-refractivity contribution in [3.05, 3.63) is 30.3 Å². The second-order valence-corrected chi connectivity index (χ2v) is 5.32. The SMILES string of the molecule is COc1ccc(-c2cc(O)n(C3CCNCC3)c2O)cc1. The zero-order valence-electron chi connectivity index (χ0n) is 12.0. The Labute approximate surface area is 123 Å². The molecule has 1 fully saturated rings. The standard InChI is InChI=1S/C16H20N2O3/c1-21-13-4-2-11(3-5-13)14-10-15(19)18(16(14)20)12-6-8-17-9-7-12/h2-5,10,12,17,19-20H,6-9H2,1H3. The molecule has 0 spiro atoms. The molecule has 0 bridgehead atoms. The van der Waals surface area contributed by atoms with Crippen molar-refractivity contribution in [2.24, 2.45) is 0 Å². The highest BCUT2D eigenvalue weighted by atomic mass is 16.5. The fourth-order valence-electron chi connectivity index (χ4n) is 2.91. The molecule has 5 nitrogen and oxygen atoms in total. The summed E-state index contributed by atoms with van der Waals surface area (Å²) in [6.07, 6.45) is 1.80. The minimum atomic E-state index is 0.116. The first-order valence-electron chi connectivity index (χ1n) is 7.19. The molecule has 1 aromatic heterocycles. The molecule has 1 aromatic carbocycles. The first-order valence-corrected chi connectivity index (χ1v) is 7.19. The number of aromatic nitrogens is 1.